The summed E-state index contributed by atoms with van der Waals surface area (Å²) in [5.74, 6) is 1.17. The number of aryl methyl sites for hydroxylation is 1. The molecule has 0 radical (unpaired) electrons. The molecule has 3 aromatic rings. The van der Waals surface area contributed by atoms with E-state index in [0.29, 0.717) is 12.5 Å². The molecule has 2 N–H and O–H groups in total. The van der Waals surface area contributed by atoms with Gasteiger partial charge in [0.05, 0.1) is 12.2 Å². The maximum atomic E-state index is 12.8. The monoisotopic (exact) mass is 410 g/mol. The third-order valence-corrected chi connectivity index (χ3v) is 5.56. The molecule has 1 aromatic heterocycles. The average molecular weight is 411 g/mol. The highest BCUT2D eigenvalue weighted by atomic mass is 35.5. The van der Waals surface area contributed by atoms with Crippen LogP contribution in [0, 0.1) is 18.8 Å². The molecule has 6 heteroatoms. The van der Waals surface area contributed by atoms with Crippen molar-refractivity contribution < 1.29 is 4.79 Å². The fourth-order valence-corrected chi connectivity index (χ4v) is 3.50. The second-order valence-electron chi connectivity index (χ2n) is 7.57. The number of halogens is 1. The number of nitrogens with zero attached hydrogens (tertiary/aromatic N) is 2. The maximum absolute atomic E-state index is 12.8. The highest BCUT2D eigenvalue weighted by Gasteiger charge is 2.29. The number of aromatic nitrogens is 2. The number of amides is 1. The highest BCUT2D eigenvalue weighted by Crippen LogP contribution is 2.26. The highest BCUT2D eigenvalue weighted by molar-refractivity contribution is 5.92. The first-order valence-electron chi connectivity index (χ1n) is 9.81. The molecule has 0 aliphatic carbocycles. The first-order chi connectivity index (χ1) is 13.6. The van der Waals surface area contributed by atoms with E-state index in [1.54, 1.807) is 0 Å². The van der Waals surface area contributed by atoms with Gasteiger partial charge in [0.15, 0.2) is 0 Å². The molecule has 2 heterocycles. The third-order valence-electron chi connectivity index (χ3n) is 5.56. The van der Waals surface area contributed by atoms with E-state index in [-0.39, 0.29) is 24.2 Å². The molecule has 0 spiro atoms. The molecule has 1 aliphatic rings. The predicted molar refractivity (Wildman–Crippen MR) is 119 cm³/mol. The summed E-state index contributed by atoms with van der Waals surface area (Å²) in [5.41, 5.74) is 4.27. The smallest absolute Gasteiger partial charge is 0.228 e. The lowest BCUT2D eigenvalue weighted by Gasteiger charge is -2.31. The van der Waals surface area contributed by atoms with Crippen LogP contribution in [0.25, 0.3) is 11.3 Å². The fraction of sp³-hybridized carbons (Fsp3) is 0.304. The lowest BCUT2D eigenvalue weighted by atomic mass is 9.88. The normalized spacial score (nSPS) is 14.6. The summed E-state index contributed by atoms with van der Waals surface area (Å²) in [6, 6.07) is 20.4. The van der Waals surface area contributed by atoms with Crippen molar-refractivity contribution >= 4 is 24.1 Å². The number of anilines is 1. The van der Waals surface area contributed by atoms with Crippen molar-refractivity contribution in [2.75, 3.05) is 18.4 Å². The van der Waals surface area contributed by atoms with E-state index in [2.05, 4.69) is 41.8 Å². The average Bonchev–Trinajstić information content (AvgIpc) is 3.03. The molecule has 1 amide bonds. The Balaban J connectivity index is 0.00000240. The number of nitrogens with one attached hydrogen (secondary N) is 2. The Kier molecular flexibility index (Phi) is 6.72. The molecule has 1 unspecified atom stereocenters. The molecule has 152 valence electrons. The second kappa shape index (κ2) is 9.25. The largest absolute Gasteiger partial charge is 0.316 e. The van der Waals surface area contributed by atoms with Gasteiger partial charge in [-0.25, -0.2) is 4.68 Å². The van der Waals surface area contributed by atoms with Crippen molar-refractivity contribution in [3.8, 4) is 11.3 Å². The maximum Gasteiger partial charge on any atom is 0.228 e. The molecule has 2 aromatic carbocycles. The van der Waals surface area contributed by atoms with Gasteiger partial charge in [0.1, 0.15) is 5.82 Å². The van der Waals surface area contributed by atoms with Crippen molar-refractivity contribution in [3.63, 3.8) is 0 Å². The zero-order valence-corrected chi connectivity index (χ0v) is 17.6. The zero-order valence-electron chi connectivity index (χ0n) is 16.8. The minimum absolute atomic E-state index is 0. The molecular weight excluding hydrogens is 384 g/mol. The fourth-order valence-electron chi connectivity index (χ4n) is 3.50. The molecule has 29 heavy (non-hydrogen) atoms. The summed E-state index contributed by atoms with van der Waals surface area (Å²) >= 11 is 0. The first-order valence-corrected chi connectivity index (χ1v) is 9.81. The Labute approximate surface area is 177 Å². The molecule has 1 aliphatic heterocycles. The second-order valence-corrected chi connectivity index (χ2v) is 7.57. The molecule has 4 rings (SSSR count). The van der Waals surface area contributed by atoms with Crippen LogP contribution in [0.2, 0.25) is 0 Å². The molecule has 1 fully saturated rings. The van der Waals surface area contributed by atoms with Crippen LogP contribution in [0.4, 0.5) is 5.82 Å². The minimum Gasteiger partial charge on any atom is -0.316 e. The Morgan fingerprint density at radius 3 is 2.52 bits per heavy atom. The Morgan fingerprint density at radius 1 is 1.17 bits per heavy atom. The van der Waals surface area contributed by atoms with Gasteiger partial charge in [-0.3, -0.25) is 4.79 Å². The first kappa shape index (κ1) is 21.1. The van der Waals surface area contributed by atoms with Crippen LogP contribution in [0.3, 0.4) is 0 Å². The van der Waals surface area contributed by atoms with Crippen molar-refractivity contribution in [3.05, 3.63) is 71.8 Å². The van der Waals surface area contributed by atoms with Gasteiger partial charge in [0.25, 0.3) is 0 Å². The van der Waals surface area contributed by atoms with Crippen LogP contribution >= 0.6 is 12.4 Å². The summed E-state index contributed by atoms with van der Waals surface area (Å²) in [6.07, 6.45) is 0. The minimum atomic E-state index is -0.0248. The van der Waals surface area contributed by atoms with Gasteiger partial charge in [0, 0.05) is 17.5 Å². The Morgan fingerprint density at radius 2 is 1.86 bits per heavy atom. The number of carbonyl (C=O) groups is 1. The SMILES string of the molecule is Cc1ccccc1-c1cc(NC(=O)C(C)C2CNC2)n(Cc2ccccc2)n1.Cl. The number of hydrogen-bond acceptors (Lipinski definition) is 3. The topological polar surface area (TPSA) is 59.0 Å². The summed E-state index contributed by atoms with van der Waals surface area (Å²) in [7, 11) is 0. The molecule has 1 atom stereocenters. The predicted octanol–water partition coefficient (Wildman–Crippen LogP) is 4.12. The van der Waals surface area contributed by atoms with Crippen LogP contribution in [-0.4, -0.2) is 28.8 Å². The summed E-state index contributed by atoms with van der Waals surface area (Å²) in [5, 5.41) is 11.2. The molecular formula is C23H27ClN4O. The van der Waals surface area contributed by atoms with Crippen LogP contribution < -0.4 is 10.6 Å². The quantitative estimate of drug-likeness (QED) is 0.642. The van der Waals surface area contributed by atoms with Gasteiger partial charge in [-0.1, -0.05) is 61.5 Å². The van der Waals surface area contributed by atoms with Gasteiger partial charge >= 0.3 is 0 Å². The van der Waals surface area contributed by atoms with Crippen molar-refractivity contribution in [1.82, 2.24) is 15.1 Å². The summed E-state index contributed by atoms with van der Waals surface area (Å²) in [6.45, 7) is 6.51. The zero-order chi connectivity index (χ0) is 19.5. The van der Waals surface area contributed by atoms with E-state index in [0.717, 1.165) is 35.7 Å². The third kappa shape index (κ3) is 4.69. The number of hydrogen-bond donors (Lipinski definition) is 2. The van der Waals surface area contributed by atoms with Crippen LogP contribution in [0.5, 0.6) is 0 Å². The number of rotatable bonds is 6. The van der Waals surface area contributed by atoms with E-state index < -0.39 is 0 Å². The van der Waals surface area contributed by atoms with Crippen molar-refractivity contribution in [1.29, 1.82) is 0 Å². The van der Waals surface area contributed by atoms with Gasteiger partial charge in [-0.2, -0.15) is 5.10 Å². The van der Waals surface area contributed by atoms with Gasteiger partial charge in [-0.15, -0.1) is 12.4 Å². The van der Waals surface area contributed by atoms with Crippen molar-refractivity contribution in [2.24, 2.45) is 11.8 Å². The van der Waals surface area contributed by atoms with E-state index in [1.165, 1.54) is 5.56 Å². The summed E-state index contributed by atoms with van der Waals surface area (Å²) < 4.78 is 1.89. The van der Waals surface area contributed by atoms with Crippen LogP contribution in [-0.2, 0) is 11.3 Å². The molecule has 0 bridgehead atoms. The number of benzene rings is 2. The lowest BCUT2D eigenvalue weighted by molar-refractivity contribution is -0.121. The standard InChI is InChI=1S/C23H26N4O.ClH/c1-16-8-6-7-11-20(16)21-12-22(25-23(28)17(2)19-13-24-14-19)27(26-21)15-18-9-4-3-5-10-18;/h3-12,17,19,24H,13-15H2,1-2H3,(H,25,28);1H. The molecule has 5 nitrogen and oxygen atoms in total. The van der Waals surface area contributed by atoms with Crippen LogP contribution in [0.1, 0.15) is 18.1 Å². The van der Waals surface area contributed by atoms with E-state index in [1.807, 2.05) is 48.0 Å². The van der Waals surface area contributed by atoms with Crippen LogP contribution in [0.15, 0.2) is 60.7 Å². The van der Waals surface area contributed by atoms with Crippen molar-refractivity contribution in [2.45, 2.75) is 20.4 Å². The van der Waals surface area contributed by atoms with Gasteiger partial charge in [-0.05, 0) is 37.1 Å². The number of carbonyl (C=O) groups excluding carboxylic acids is 1. The van der Waals surface area contributed by atoms with Gasteiger partial charge in [0.2, 0.25) is 5.91 Å². The lowest BCUT2D eigenvalue weighted by Crippen LogP contribution is -2.48. The van der Waals surface area contributed by atoms with Gasteiger partial charge < -0.3 is 10.6 Å². The Bertz CT molecular complexity index is 966. The van der Waals surface area contributed by atoms with E-state index in [4.69, 9.17) is 5.10 Å². The summed E-state index contributed by atoms with van der Waals surface area (Å²) in [4.78, 5) is 12.8. The van der Waals surface area contributed by atoms with E-state index >= 15 is 0 Å². The molecule has 1 saturated heterocycles. The molecule has 0 saturated carbocycles. The van der Waals surface area contributed by atoms with E-state index in [9.17, 15) is 4.79 Å². The Hall–Kier alpha value is -2.63.